The summed E-state index contributed by atoms with van der Waals surface area (Å²) in [4.78, 5) is 12.5. The number of thiophene rings is 1. The molecule has 7 heteroatoms. The number of sulfonamides is 1. The maximum Gasteiger partial charge on any atom is 0.326 e. The first-order chi connectivity index (χ1) is 8.99. The number of nitrogens with zero attached hydrogens (tertiary/aromatic N) is 1. The molecule has 5 nitrogen and oxygen atoms in total. The number of hydrogen-bond donors (Lipinski definition) is 1. The summed E-state index contributed by atoms with van der Waals surface area (Å²) in [7, 11) is -3.48. The highest BCUT2D eigenvalue weighted by Crippen LogP contribution is 2.38. The summed E-state index contributed by atoms with van der Waals surface area (Å²) in [6, 6.07) is 0.691. The van der Waals surface area contributed by atoms with Gasteiger partial charge in [0, 0.05) is 11.4 Å². The monoisotopic (exact) mass is 301 g/mol. The molecule has 0 amide bonds. The summed E-state index contributed by atoms with van der Waals surface area (Å²) in [6.07, 6.45) is 2.49. The zero-order valence-corrected chi connectivity index (χ0v) is 11.9. The van der Waals surface area contributed by atoms with E-state index in [4.69, 9.17) is 0 Å². The predicted molar refractivity (Wildman–Crippen MR) is 71.6 cm³/mol. The first-order valence-electron chi connectivity index (χ1n) is 6.27. The van der Waals surface area contributed by atoms with Crippen molar-refractivity contribution >= 4 is 27.3 Å². The largest absolute Gasteiger partial charge is 0.480 e. The summed E-state index contributed by atoms with van der Waals surface area (Å²) in [5, 5.41) is 11.2. The number of fused-ring (bicyclic) bond motifs is 1. The number of carbonyl (C=O) groups is 1. The molecule has 1 unspecified atom stereocenters. The fourth-order valence-electron chi connectivity index (χ4n) is 2.53. The van der Waals surface area contributed by atoms with E-state index in [1.807, 2.05) is 5.38 Å². The molecule has 1 fully saturated rings. The number of aliphatic carboxylic acids is 1. The zero-order valence-electron chi connectivity index (χ0n) is 10.3. The van der Waals surface area contributed by atoms with E-state index in [0.717, 1.165) is 17.7 Å². The van der Waals surface area contributed by atoms with Gasteiger partial charge in [0.05, 0.1) is 5.75 Å². The minimum absolute atomic E-state index is 0.0935. The molecule has 1 aliphatic heterocycles. The van der Waals surface area contributed by atoms with Gasteiger partial charge >= 0.3 is 5.97 Å². The maximum atomic E-state index is 12.3. The molecular weight excluding hydrogens is 286 g/mol. The molecule has 3 rings (SSSR count). The van der Waals surface area contributed by atoms with Crippen molar-refractivity contribution in [1.82, 2.24) is 4.31 Å². The quantitative estimate of drug-likeness (QED) is 0.914. The SMILES string of the molecule is O=C(O)C1c2ccsc2CCN1S(=O)(=O)CC1CC1. The molecule has 0 bridgehead atoms. The minimum atomic E-state index is -3.48. The number of carboxylic acid groups (broad SMARTS) is 1. The Hall–Kier alpha value is -0.920. The van der Waals surface area contributed by atoms with Gasteiger partial charge in [-0.25, -0.2) is 8.42 Å². The van der Waals surface area contributed by atoms with Gasteiger partial charge in [-0.1, -0.05) is 0 Å². The van der Waals surface area contributed by atoms with Crippen LogP contribution in [0.15, 0.2) is 11.4 Å². The van der Waals surface area contributed by atoms with Gasteiger partial charge in [0.25, 0.3) is 0 Å². The predicted octanol–water partition coefficient (Wildman–Crippen LogP) is 1.47. The Kier molecular flexibility index (Phi) is 3.15. The lowest BCUT2D eigenvalue weighted by molar-refractivity contribution is -0.142. The Bertz CT molecular complexity index is 603. The van der Waals surface area contributed by atoms with Gasteiger partial charge in [0.15, 0.2) is 0 Å². The van der Waals surface area contributed by atoms with Crippen molar-refractivity contribution in [3.63, 3.8) is 0 Å². The van der Waals surface area contributed by atoms with Crippen LogP contribution in [0.2, 0.25) is 0 Å². The number of carboxylic acids is 1. The van der Waals surface area contributed by atoms with E-state index in [2.05, 4.69) is 0 Å². The Morgan fingerprint density at radius 1 is 1.47 bits per heavy atom. The highest BCUT2D eigenvalue weighted by atomic mass is 32.2. The Balaban J connectivity index is 1.95. The second-order valence-corrected chi connectivity index (χ2v) is 8.09. The van der Waals surface area contributed by atoms with Crippen LogP contribution in [0.4, 0.5) is 0 Å². The average Bonchev–Trinajstić information content (AvgIpc) is 3.01. The molecule has 2 aliphatic rings. The van der Waals surface area contributed by atoms with Crippen molar-refractivity contribution in [2.75, 3.05) is 12.3 Å². The second kappa shape index (κ2) is 4.57. The van der Waals surface area contributed by atoms with Crippen LogP contribution >= 0.6 is 11.3 Å². The van der Waals surface area contributed by atoms with Crippen molar-refractivity contribution in [3.8, 4) is 0 Å². The summed E-state index contributed by atoms with van der Waals surface area (Å²) in [5.74, 6) is -0.766. The second-order valence-electron chi connectivity index (χ2n) is 5.12. The van der Waals surface area contributed by atoms with Crippen LogP contribution in [0.3, 0.4) is 0 Å². The lowest BCUT2D eigenvalue weighted by Gasteiger charge is -2.32. The van der Waals surface area contributed by atoms with E-state index in [1.165, 1.54) is 15.6 Å². The van der Waals surface area contributed by atoms with Gasteiger partial charge in [0.1, 0.15) is 6.04 Å². The molecule has 1 atom stereocenters. The van der Waals surface area contributed by atoms with Gasteiger partial charge in [-0.3, -0.25) is 4.79 Å². The third kappa shape index (κ3) is 2.42. The molecule has 1 N–H and O–H groups in total. The average molecular weight is 301 g/mol. The topological polar surface area (TPSA) is 74.7 Å². The highest BCUT2D eigenvalue weighted by Gasteiger charge is 2.42. The maximum absolute atomic E-state index is 12.3. The van der Waals surface area contributed by atoms with Gasteiger partial charge in [-0.05, 0) is 42.2 Å². The van der Waals surface area contributed by atoms with Crippen LogP contribution in [-0.4, -0.2) is 36.1 Å². The molecule has 0 saturated heterocycles. The van der Waals surface area contributed by atoms with E-state index in [-0.39, 0.29) is 18.2 Å². The Morgan fingerprint density at radius 3 is 2.84 bits per heavy atom. The summed E-state index contributed by atoms with van der Waals surface area (Å²) >= 11 is 1.50. The zero-order chi connectivity index (χ0) is 13.6. The summed E-state index contributed by atoms with van der Waals surface area (Å²) in [6.45, 7) is 0.277. The normalized spacial score (nSPS) is 24.1. The van der Waals surface area contributed by atoms with Crippen molar-refractivity contribution in [2.45, 2.75) is 25.3 Å². The molecule has 1 aromatic heterocycles. The van der Waals surface area contributed by atoms with Crippen LogP contribution in [0.5, 0.6) is 0 Å². The molecule has 19 heavy (non-hydrogen) atoms. The molecular formula is C12H15NO4S2. The minimum Gasteiger partial charge on any atom is -0.480 e. The third-order valence-electron chi connectivity index (χ3n) is 3.66. The Morgan fingerprint density at radius 2 is 2.21 bits per heavy atom. The van der Waals surface area contributed by atoms with Gasteiger partial charge < -0.3 is 5.11 Å². The molecule has 0 aromatic carbocycles. The van der Waals surface area contributed by atoms with Crippen LogP contribution in [0, 0.1) is 5.92 Å². The third-order valence-corrected chi connectivity index (χ3v) is 6.65. The fourth-order valence-corrected chi connectivity index (χ4v) is 5.45. The highest BCUT2D eigenvalue weighted by molar-refractivity contribution is 7.89. The van der Waals surface area contributed by atoms with Crippen molar-refractivity contribution in [2.24, 2.45) is 5.92 Å². The van der Waals surface area contributed by atoms with E-state index in [1.54, 1.807) is 6.07 Å². The van der Waals surface area contributed by atoms with Crippen molar-refractivity contribution in [3.05, 3.63) is 21.9 Å². The van der Waals surface area contributed by atoms with E-state index < -0.39 is 22.0 Å². The van der Waals surface area contributed by atoms with Crippen molar-refractivity contribution < 1.29 is 18.3 Å². The van der Waals surface area contributed by atoms with Crippen LogP contribution < -0.4 is 0 Å². The fraction of sp³-hybridized carbons (Fsp3) is 0.583. The van der Waals surface area contributed by atoms with Crippen molar-refractivity contribution in [1.29, 1.82) is 0 Å². The molecule has 2 heterocycles. The summed E-state index contributed by atoms with van der Waals surface area (Å²) in [5.41, 5.74) is 0.642. The molecule has 0 spiro atoms. The van der Waals surface area contributed by atoms with Gasteiger partial charge in [0.2, 0.25) is 10.0 Å². The van der Waals surface area contributed by atoms with Gasteiger partial charge in [-0.15, -0.1) is 11.3 Å². The lowest BCUT2D eigenvalue weighted by Crippen LogP contribution is -2.44. The first-order valence-corrected chi connectivity index (χ1v) is 8.76. The van der Waals surface area contributed by atoms with E-state index in [9.17, 15) is 18.3 Å². The van der Waals surface area contributed by atoms with E-state index >= 15 is 0 Å². The molecule has 1 saturated carbocycles. The van der Waals surface area contributed by atoms with Crippen LogP contribution in [-0.2, 0) is 21.2 Å². The summed E-state index contributed by atoms with van der Waals surface area (Å²) < 4.78 is 25.9. The molecule has 104 valence electrons. The molecule has 1 aliphatic carbocycles. The Labute approximate surface area is 115 Å². The lowest BCUT2D eigenvalue weighted by atomic mass is 10.0. The number of hydrogen-bond acceptors (Lipinski definition) is 4. The molecule has 1 aromatic rings. The first kappa shape index (κ1) is 13.1. The smallest absolute Gasteiger partial charge is 0.326 e. The van der Waals surface area contributed by atoms with Crippen LogP contribution in [0.1, 0.15) is 29.3 Å². The molecule has 0 radical (unpaired) electrons. The standard InChI is InChI=1S/C12H15NO4S2/c14-12(15)11-9-4-6-18-10(9)3-5-13(11)19(16,17)7-8-1-2-8/h4,6,8,11H,1-3,5,7H2,(H,14,15). The number of rotatable bonds is 4. The van der Waals surface area contributed by atoms with Crippen LogP contribution in [0.25, 0.3) is 0 Å². The van der Waals surface area contributed by atoms with Gasteiger partial charge in [-0.2, -0.15) is 4.31 Å². The van der Waals surface area contributed by atoms with E-state index in [0.29, 0.717) is 12.0 Å².